The van der Waals surface area contributed by atoms with Crippen molar-refractivity contribution in [3.8, 4) is 0 Å². The van der Waals surface area contributed by atoms with Crippen molar-refractivity contribution in [3.05, 3.63) is 102 Å². The van der Waals surface area contributed by atoms with Crippen LogP contribution in [-0.4, -0.2) is 23.1 Å². The van der Waals surface area contributed by atoms with Gasteiger partial charge >= 0.3 is 0 Å². The maximum Gasteiger partial charge on any atom is 0.235 e. The topological polar surface area (TPSA) is 49.4 Å². The van der Waals surface area contributed by atoms with Crippen LogP contribution in [0.5, 0.6) is 0 Å². The van der Waals surface area contributed by atoms with Crippen LogP contribution in [0, 0.1) is 5.92 Å². The highest BCUT2D eigenvalue weighted by molar-refractivity contribution is 6.06. The molecule has 3 aromatic rings. The summed E-state index contributed by atoms with van der Waals surface area (Å²) < 4.78 is 0. The minimum Gasteiger partial charge on any atom is -0.325 e. The van der Waals surface area contributed by atoms with E-state index < -0.39 is 5.41 Å². The van der Waals surface area contributed by atoms with E-state index in [9.17, 15) is 9.59 Å². The molecule has 0 aliphatic carbocycles. The van der Waals surface area contributed by atoms with Crippen LogP contribution in [0.2, 0.25) is 0 Å². The van der Waals surface area contributed by atoms with E-state index in [1.54, 1.807) is 0 Å². The van der Waals surface area contributed by atoms with E-state index in [2.05, 4.69) is 71.7 Å². The van der Waals surface area contributed by atoms with Gasteiger partial charge in [-0.1, -0.05) is 92.7 Å². The number of Topliss-reactive ketones (excluding diaryl/α,β-unsaturated/α-hetero) is 1. The first-order valence-electron chi connectivity index (χ1n) is 12.3. The normalized spacial score (nSPS) is 17.9. The Morgan fingerprint density at radius 3 is 2.03 bits per heavy atom. The molecular weight excluding hydrogens is 420 g/mol. The van der Waals surface area contributed by atoms with Gasteiger partial charge in [0.1, 0.15) is 5.78 Å². The summed E-state index contributed by atoms with van der Waals surface area (Å²) in [5.41, 5.74) is 3.68. The van der Waals surface area contributed by atoms with E-state index in [1.165, 1.54) is 11.1 Å². The van der Waals surface area contributed by atoms with Gasteiger partial charge in [-0.15, -0.1) is 0 Å². The molecule has 0 radical (unpaired) electrons. The summed E-state index contributed by atoms with van der Waals surface area (Å²) in [6.45, 7) is 6.31. The highest BCUT2D eigenvalue weighted by Gasteiger charge is 2.50. The van der Waals surface area contributed by atoms with Gasteiger partial charge in [-0.3, -0.25) is 14.5 Å². The molecule has 34 heavy (non-hydrogen) atoms. The number of nitrogens with zero attached hydrogens (tertiary/aromatic N) is 1. The Labute approximate surface area is 203 Å². The van der Waals surface area contributed by atoms with Gasteiger partial charge in [-0.2, -0.15) is 0 Å². The quantitative estimate of drug-likeness (QED) is 0.388. The average molecular weight is 455 g/mol. The number of anilines is 1. The minimum absolute atomic E-state index is 0.0180. The average Bonchev–Trinajstić information content (AvgIpc) is 3.15. The number of fused-ring (bicyclic) bond motifs is 1. The summed E-state index contributed by atoms with van der Waals surface area (Å²) >= 11 is 0. The molecular formula is C30H34N2O2. The Morgan fingerprint density at radius 1 is 0.882 bits per heavy atom. The molecule has 4 nitrogen and oxygen atoms in total. The number of hydrogen-bond acceptors (Lipinski definition) is 3. The van der Waals surface area contributed by atoms with Crippen LogP contribution >= 0.6 is 0 Å². The third-order valence-electron chi connectivity index (χ3n) is 7.15. The van der Waals surface area contributed by atoms with E-state index in [0.717, 1.165) is 30.9 Å². The van der Waals surface area contributed by atoms with E-state index >= 15 is 0 Å². The zero-order valence-corrected chi connectivity index (χ0v) is 20.2. The molecule has 0 fully saturated rings. The molecule has 3 aromatic carbocycles. The number of carbonyl (C=O) groups excluding carboxylic acids is 2. The van der Waals surface area contributed by atoms with Crippen molar-refractivity contribution in [3.63, 3.8) is 0 Å². The van der Waals surface area contributed by atoms with Gasteiger partial charge in [0.2, 0.25) is 5.91 Å². The van der Waals surface area contributed by atoms with Crippen LogP contribution in [0.3, 0.4) is 0 Å². The number of para-hydroxylation sites is 1. The summed E-state index contributed by atoms with van der Waals surface area (Å²) in [6, 6.07) is 28.9. The largest absolute Gasteiger partial charge is 0.325 e. The molecule has 1 aliphatic heterocycles. The first-order valence-corrected chi connectivity index (χ1v) is 12.3. The number of carbonyl (C=O) groups is 2. The predicted octanol–water partition coefficient (Wildman–Crippen LogP) is 5.97. The Kier molecular flexibility index (Phi) is 7.59. The fourth-order valence-electron chi connectivity index (χ4n) is 5.21. The van der Waals surface area contributed by atoms with Gasteiger partial charge in [-0.25, -0.2) is 0 Å². The second-order valence-corrected chi connectivity index (χ2v) is 9.40. The first-order chi connectivity index (χ1) is 16.5. The van der Waals surface area contributed by atoms with Crippen molar-refractivity contribution in [2.24, 2.45) is 5.92 Å². The molecule has 0 bridgehead atoms. The van der Waals surface area contributed by atoms with Crippen molar-refractivity contribution >= 4 is 17.4 Å². The summed E-state index contributed by atoms with van der Waals surface area (Å²) in [7, 11) is 0. The Morgan fingerprint density at radius 2 is 1.44 bits per heavy atom. The van der Waals surface area contributed by atoms with Gasteiger partial charge in [0, 0.05) is 38.2 Å². The molecule has 4 rings (SSSR count). The predicted molar refractivity (Wildman–Crippen MR) is 137 cm³/mol. The number of nitrogens with one attached hydrogen (secondary N) is 1. The maximum atomic E-state index is 13.6. The SMILES string of the molecule is CCC(=O)C[C@@H](C)[C@]1(CCN(Cc2ccccc2)Cc2ccccc2)C(=O)Nc2ccccc21. The van der Waals surface area contributed by atoms with Crippen molar-refractivity contribution in [2.45, 2.75) is 51.6 Å². The summed E-state index contributed by atoms with van der Waals surface area (Å²) in [5, 5.41) is 3.11. The number of amides is 1. The van der Waals surface area contributed by atoms with Gasteiger partial charge in [0.25, 0.3) is 0 Å². The van der Waals surface area contributed by atoms with Crippen LogP contribution in [0.15, 0.2) is 84.9 Å². The fraction of sp³-hybridized carbons (Fsp3) is 0.333. The maximum absolute atomic E-state index is 13.6. The molecule has 0 spiro atoms. The molecule has 0 unspecified atom stereocenters. The highest BCUT2D eigenvalue weighted by atomic mass is 16.2. The van der Waals surface area contributed by atoms with Crippen molar-refractivity contribution in [1.29, 1.82) is 0 Å². The summed E-state index contributed by atoms with van der Waals surface area (Å²) in [5.74, 6) is 0.137. The van der Waals surface area contributed by atoms with Crippen molar-refractivity contribution in [2.75, 3.05) is 11.9 Å². The highest BCUT2D eigenvalue weighted by Crippen LogP contribution is 2.47. The van der Waals surface area contributed by atoms with Crippen LogP contribution < -0.4 is 5.32 Å². The first kappa shape index (κ1) is 23.9. The standard InChI is InChI=1S/C30H34N2O2/c1-3-26(33)20-23(2)30(27-16-10-11-17-28(27)31-29(30)34)18-19-32(21-24-12-6-4-7-13-24)22-25-14-8-5-9-15-25/h4-17,23H,3,18-22H2,1-2H3,(H,31,34)/t23-,30+/m1/s1. The van der Waals surface area contributed by atoms with Gasteiger partial charge < -0.3 is 5.32 Å². The van der Waals surface area contributed by atoms with Gasteiger partial charge in [-0.05, 0) is 35.1 Å². The number of hydrogen-bond donors (Lipinski definition) is 1. The zero-order chi connectivity index (χ0) is 24.0. The number of ketones is 1. The molecule has 1 aliphatic rings. The second kappa shape index (κ2) is 10.8. The zero-order valence-electron chi connectivity index (χ0n) is 20.2. The molecule has 1 heterocycles. The van der Waals surface area contributed by atoms with Crippen LogP contribution in [0.4, 0.5) is 5.69 Å². The van der Waals surface area contributed by atoms with E-state index in [-0.39, 0.29) is 17.6 Å². The Bertz CT molecular complexity index is 1070. The second-order valence-electron chi connectivity index (χ2n) is 9.40. The summed E-state index contributed by atoms with van der Waals surface area (Å²) in [6.07, 6.45) is 1.57. The van der Waals surface area contributed by atoms with Gasteiger partial charge in [0.05, 0.1) is 5.41 Å². The van der Waals surface area contributed by atoms with Crippen molar-refractivity contribution < 1.29 is 9.59 Å². The minimum atomic E-state index is -0.715. The molecule has 1 N–H and O–H groups in total. The summed E-state index contributed by atoms with van der Waals surface area (Å²) in [4.78, 5) is 28.4. The smallest absolute Gasteiger partial charge is 0.235 e. The van der Waals surface area contributed by atoms with Crippen molar-refractivity contribution in [1.82, 2.24) is 4.90 Å². The van der Waals surface area contributed by atoms with E-state index in [4.69, 9.17) is 0 Å². The fourth-order valence-corrected chi connectivity index (χ4v) is 5.21. The van der Waals surface area contributed by atoms with Gasteiger partial charge in [0.15, 0.2) is 0 Å². The van der Waals surface area contributed by atoms with E-state index in [1.807, 2.05) is 37.3 Å². The Hall–Kier alpha value is -3.24. The Balaban J connectivity index is 1.63. The molecule has 176 valence electrons. The lowest BCUT2D eigenvalue weighted by molar-refractivity contribution is -0.125. The van der Waals surface area contributed by atoms with Crippen LogP contribution in [-0.2, 0) is 28.1 Å². The lowest BCUT2D eigenvalue weighted by atomic mass is 9.67. The molecule has 1 amide bonds. The monoisotopic (exact) mass is 454 g/mol. The molecule has 2 atom stereocenters. The lowest BCUT2D eigenvalue weighted by Crippen LogP contribution is -2.44. The third kappa shape index (κ3) is 5.13. The van der Waals surface area contributed by atoms with Crippen LogP contribution in [0.25, 0.3) is 0 Å². The molecule has 0 aromatic heterocycles. The molecule has 0 saturated carbocycles. The lowest BCUT2D eigenvalue weighted by Gasteiger charge is -2.36. The van der Waals surface area contributed by atoms with E-state index in [0.29, 0.717) is 19.3 Å². The molecule has 0 saturated heterocycles. The van der Waals surface area contributed by atoms with Crippen LogP contribution in [0.1, 0.15) is 49.8 Å². The number of benzene rings is 3. The third-order valence-corrected chi connectivity index (χ3v) is 7.15. The molecule has 4 heteroatoms. The number of rotatable bonds is 11.